The minimum absolute atomic E-state index is 0.00344. The number of aryl methyl sites for hydroxylation is 1. The summed E-state index contributed by atoms with van der Waals surface area (Å²) in [5.41, 5.74) is 1.61. The predicted molar refractivity (Wildman–Crippen MR) is 105 cm³/mol. The molecule has 3 rings (SSSR count). The number of nitrogens with zero attached hydrogens (tertiary/aromatic N) is 2. The van der Waals surface area contributed by atoms with E-state index in [2.05, 4.69) is 10.3 Å². The normalized spacial score (nSPS) is 11.9. The van der Waals surface area contributed by atoms with Crippen molar-refractivity contribution in [1.82, 2.24) is 14.9 Å². The van der Waals surface area contributed by atoms with Crippen LogP contribution in [-0.2, 0) is 17.8 Å². The number of rotatable bonds is 7. The molecule has 1 aromatic heterocycles. The summed E-state index contributed by atoms with van der Waals surface area (Å²) in [6.45, 7) is 1.92. The summed E-state index contributed by atoms with van der Waals surface area (Å²) in [6, 6.07) is 15.0. The van der Waals surface area contributed by atoms with E-state index in [0.717, 1.165) is 18.6 Å². The van der Waals surface area contributed by atoms with Crippen molar-refractivity contribution >= 4 is 16.8 Å². The summed E-state index contributed by atoms with van der Waals surface area (Å²) < 4.78 is 6.49. The zero-order valence-corrected chi connectivity index (χ0v) is 15.5. The van der Waals surface area contributed by atoms with Gasteiger partial charge in [0.15, 0.2) is 0 Å². The summed E-state index contributed by atoms with van der Waals surface area (Å²) >= 11 is 0. The molecular weight excluding hydrogens is 342 g/mol. The first-order valence-electron chi connectivity index (χ1n) is 8.93. The highest BCUT2D eigenvalue weighted by Gasteiger charge is 2.11. The summed E-state index contributed by atoms with van der Waals surface area (Å²) in [6.07, 6.45) is 3.08. The van der Waals surface area contributed by atoms with Gasteiger partial charge in [-0.15, -0.1) is 0 Å². The lowest BCUT2D eigenvalue weighted by molar-refractivity contribution is -0.122. The molecule has 0 saturated carbocycles. The number of hydrogen-bond donors (Lipinski definition) is 1. The minimum atomic E-state index is -0.207. The van der Waals surface area contributed by atoms with Crippen LogP contribution in [0, 0.1) is 0 Å². The zero-order chi connectivity index (χ0) is 19.2. The van der Waals surface area contributed by atoms with E-state index in [1.807, 2.05) is 37.3 Å². The average Bonchev–Trinajstić information content (AvgIpc) is 2.69. The van der Waals surface area contributed by atoms with Crippen LogP contribution in [0.4, 0.5) is 0 Å². The second-order valence-electron chi connectivity index (χ2n) is 6.55. The van der Waals surface area contributed by atoms with Crippen molar-refractivity contribution in [3.63, 3.8) is 0 Å². The summed E-state index contributed by atoms with van der Waals surface area (Å²) in [5.74, 6) is 0.631. The highest BCUT2D eigenvalue weighted by molar-refractivity contribution is 5.78. The van der Waals surface area contributed by atoms with Gasteiger partial charge in [-0.3, -0.25) is 14.2 Å². The Labute approximate surface area is 157 Å². The van der Waals surface area contributed by atoms with E-state index in [4.69, 9.17) is 4.74 Å². The van der Waals surface area contributed by atoms with Crippen LogP contribution < -0.4 is 15.6 Å². The van der Waals surface area contributed by atoms with Crippen LogP contribution >= 0.6 is 0 Å². The van der Waals surface area contributed by atoms with Gasteiger partial charge >= 0.3 is 0 Å². The Kier molecular flexibility index (Phi) is 5.86. The van der Waals surface area contributed by atoms with E-state index in [-0.39, 0.29) is 24.1 Å². The third kappa shape index (κ3) is 4.73. The number of aromatic nitrogens is 2. The maximum absolute atomic E-state index is 12.4. The summed E-state index contributed by atoms with van der Waals surface area (Å²) in [5, 5.41) is 3.46. The molecule has 0 aliphatic rings. The Morgan fingerprint density at radius 2 is 1.93 bits per heavy atom. The lowest BCUT2D eigenvalue weighted by atomic mass is 10.1. The van der Waals surface area contributed by atoms with Crippen molar-refractivity contribution in [2.45, 2.75) is 32.4 Å². The van der Waals surface area contributed by atoms with Gasteiger partial charge in [-0.25, -0.2) is 4.98 Å². The second kappa shape index (κ2) is 8.49. The fraction of sp³-hybridized carbons (Fsp3) is 0.286. The number of para-hydroxylation sites is 1. The highest BCUT2D eigenvalue weighted by atomic mass is 16.5. The third-order valence-corrected chi connectivity index (χ3v) is 4.48. The molecule has 140 valence electrons. The summed E-state index contributed by atoms with van der Waals surface area (Å²) in [4.78, 5) is 29.0. The van der Waals surface area contributed by atoms with E-state index in [1.165, 1.54) is 16.5 Å². The van der Waals surface area contributed by atoms with Crippen molar-refractivity contribution in [1.29, 1.82) is 0 Å². The maximum Gasteiger partial charge on any atom is 0.261 e. The Hall–Kier alpha value is -3.15. The number of carbonyl (C=O) groups is 1. The number of benzene rings is 2. The SMILES string of the molecule is COc1ccc(CC[C@@H](C)NC(=O)Cn2cnc3ccccc3c2=O)cc1. The average molecular weight is 365 g/mol. The Bertz CT molecular complexity index is 980. The van der Waals surface area contributed by atoms with E-state index in [0.29, 0.717) is 10.9 Å². The zero-order valence-electron chi connectivity index (χ0n) is 15.5. The molecule has 1 N–H and O–H groups in total. The van der Waals surface area contributed by atoms with E-state index < -0.39 is 0 Å². The van der Waals surface area contributed by atoms with Crippen molar-refractivity contribution < 1.29 is 9.53 Å². The van der Waals surface area contributed by atoms with Crippen LogP contribution in [0.2, 0.25) is 0 Å². The van der Waals surface area contributed by atoms with Crippen LogP contribution in [0.5, 0.6) is 5.75 Å². The molecule has 0 unspecified atom stereocenters. The fourth-order valence-electron chi connectivity index (χ4n) is 2.94. The number of ether oxygens (including phenoxy) is 1. The standard InChI is InChI=1S/C21H23N3O3/c1-15(7-8-16-9-11-17(27-2)12-10-16)23-20(25)13-24-14-22-19-6-4-3-5-18(19)21(24)26/h3-6,9-12,14-15H,7-8,13H2,1-2H3,(H,23,25)/t15-/m1/s1. The topological polar surface area (TPSA) is 73.2 Å². The molecule has 2 aromatic carbocycles. The molecule has 0 aliphatic carbocycles. The highest BCUT2D eigenvalue weighted by Crippen LogP contribution is 2.13. The molecule has 3 aromatic rings. The van der Waals surface area contributed by atoms with Gasteiger partial charge in [0.25, 0.3) is 5.56 Å². The Morgan fingerprint density at radius 3 is 2.67 bits per heavy atom. The van der Waals surface area contributed by atoms with E-state index in [1.54, 1.807) is 25.3 Å². The number of hydrogen-bond acceptors (Lipinski definition) is 4. The molecule has 6 nitrogen and oxygen atoms in total. The molecule has 0 fully saturated rings. The van der Waals surface area contributed by atoms with Crippen molar-refractivity contribution in [2.24, 2.45) is 0 Å². The quantitative estimate of drug-likeness (QED) is 0.698. The van der Waals surface area contributed by atoms with Gasteiger partial charge in [0.2, 0.25) is 5.91 Å². The van der Waals surface area contributed by atoms with Gasteiger partial charge in [0.05, 0.1) is 24.3 Å². The van der Waals surface area contributed by atoms with Gasteiger partial charge in [-0.2, -0.15) is 0 Å². The van der Waals surface area contributed by atoms with Crippen LogP contribution in [0.3, 0.4) is 0 Å². The molecule has 0 radical (unpaired) electrons. The molecule has 0 spiro atoms. The van der Waals surface area contributed by atoms with Crippen LogP contribution in [0.15, 0.2) is 59.7 Å². The molecule has 27 heavy (non-hydrogen) atoms. The lowest BCUT2D eigenvalue weighted by Gasteiger charge is -2.15. The molecule has 6 heteroatoms. The van der Waals surface area contributed by atoms with E-state index >= 15 is 0 Å². The van der Waals surface area contributed by atoms with Gasteiger partial charge in [-0.05, 0) is 49.6 Å². The number of methoxy groups -OCH3 is 1. The van der Waals surface area contributed by atoms with Gasteiger partial charge in [-0.1, -0.05) is 24.3 Å². The van der Waals surface area contributed by atoms with Crippen LogP contribution in [0.25, 0.3) is 10.9 Å². The molecule has 1 heterocycles. The molecular formula is C21H23N3O3. The molecule has 0 saturated heterocycles. The van der Waals surface area contributed by atoms with Crippen molar-refractivity contribution in [3.8, 4) is 5.75 Å². The second-order valence-corrected chi connectivity index (χ2v) is 6.55. The van der Waals surface area contributed by atoms with Crippen LogP contribution in [0.1, 0.15) is 18.9 Å². The molecule has 1 amide bonds. The Balaban J connectivity index is 1.55. The molecule has 0 bridgehead atoms. The smallest absolute Gasteiger partial charge is 0.261 e. The number of amides is 1. The molecule has 1 atom stereocenters. The Morgan fingerprint density at radius 1 is 1.19 bits per heavy atom. The lowest BCUT2D eigenvalue weighted by Crippen LogP contribution is -2.37. The number of nitrogens with one attached hydrogen (secondary N) is 1. The van der Waals surface area contributed by atoms with Crippen molar-refractivity contribution in [3.05, 3.63) is 70.8 Å². The van der Waals surface area contributed by atoms with Crippen LogP contribution in [-0.4, -0.2) is 28.6 Å². The first-order chi connectivity index (χ1) is 13.1. The fourth-order valence-corrected chi connectivity index (χ4v) is 2.94. The summed E-state index contributed by atoms with van der Waals surface area (Å²) in [7, 11) is 1.64. The van der Waals surface area contributed by atoms with Crippen molar-refractivity contribution in [2.75, 3.05) is 7.11 Å². The van der Waals surface area contributed by atoms with Gasteiger partial charge < -0.3 is 10.1 Å². The molecule has 0 aliphatic heterocycles. The maximum atomic E-state index is 12.4. The largest absolute Gasteiger partial charge is 0.497 e. The van der Waals surface area contributed by atoms with Gasteiger partial charge in [0.1, 0.15) is 12.3 Å². The minimum Gasteiger partial charge on any atom is -0.497 e. The monoisotopic (exact) mass is 365 g/mol. The van der Waals surface area contributed by atoms with Gasteiger partial charge in [0, 0.05) is 6.04 Å². The number of carbonyl (C=O) groups excluding carboxylic acids is 1. The first-order valence-corrected chi connectivity index (χ1v) is 8.93. The van der Waals surface area contributed by atoms with E-state index in [9.17, 15) is 9.59 Å². The number of fused-ring (bicyclic) bond motifs is 1. The first kappa shape index (κ1) is 18.6. The predicted octanol–water partition coefficient (Wildman–Crippen LogP) is 2.54. The third-order valence-electron chi connectivity index (χ3n) is 4.48.